The summed E-state index contributed by atoms with van der Waals surface area (Å²) in [4.78, 5) is 16.4. The van der Waals surface area contributed by atoms with Gasteiger partial charge in [0.1, 0.15) is 18.3 Å². The first kappa shape index (κ1) is 14.3. The lowest BCUT2D eigenvalue weighted by atomic mass is 10.1. The van der Waals surface area contributed by atoms with Gasteiger partial charge in [-0.25, -0.2) is 9.67 Å². The van der Waals surface area contributed by atoms with Crippen molar-refractivity contribution in [3.8, 4) is 5.69 Å². The highest BCUT2D eigenvalue weighted by Gasteiger charge is 2.14. The van der Waals surface area contributed by atoms with Gasteiger partial charge in [-0.15, -0.1) is 0 Å². The predicted octanol–water partition coefficient (Wildman–Crippen LogP) is 3.48. The summed E-state index contributed by atoms with van der Waals surface area (Å²) >= 11 is 6.24. The van der Waals surface area contributed by atoms with Gasteiger partial charge >= 0.3 is 0 Å². The number of halogens is 1. The molecule has 0 aliphatic heterocycles. The molecule has 3 aromatic rings. The first-order chi connectivity index (χ1) is 10.7. The van der Waals surface area contributed by atoms with Crippen LogP contribution in [0.2, 0.25) is 5.02 Å². The van der Waals surface area contributed by atoms with Gasteiger partial charge in [0.05, 0.1) is 10.7 Å². The number of nitrogens with one attached hydrogen (secondary N) is 1. The first-order valence-electron chi connectivity index (χ1n) is 6.67. The van der Waals surface area contributed by atoms with Crippen LogP contribution >= 0.6 is 11.6 Å². The van der Waals surface area contributed by atoms with Gasteiger partial charge in [0.25, 0.3) is 5.91 Å². The van der Waals surface area contributed by atoms with Gasteiger partial charge in [-0.3, -0.25) is 4.79 Å². The third kappa shape index (κ3) is 2.71. The maximum Gasteiger partial charge on any atom is 0.255 e. The van der Waals surface area contributed by atoms with Crippen molar-refractivity contribution in [1.82, 2.24) is 14.8 Å². The molecule has 0 bridgehead atoms. The summed E-state index contributed by atoms with van der Waals surface area (Å²) < 4.78 is 1.52. The molecule has 0 spiro atoms. The highest BCUT2D eigenvalue weighted by Crippen LogP contribution is 2.28. The molecule has 1 heterocycles. The van der Waals surface area contributed by atoms with E-state index in [0.717, 1.165) is 5.56 Å². The lowest BCUT2D eigenvalue weighted by Crippen LogP contribution is -2.15. The molecule has 0 aliphatic rings. The Balaban J connectivity index is 1.98. The van der Waals surface area contributed by atoms with Crippen LogP contribution in [0.1, 0.15) is 15.9 Å². The smallest absolute Gasteiger partial charge is 0.255 e. The Morgan fingerprint density at radius 3 is 2.73 bits per heavy atom. The monoisotopic (exact) mass is 312 g/mol. The largest absolute Gasteiger partial charge is 0.320 e. The van der Waals surface area contributed by atoms with Crippen LogP contribution in [0.25, 0.3) is 5.69 Å². The predicted molar refractivity (Wildman–Crippen MR) is 85.5 cm³/mol. The van der Waals surface area contributed by atoms with E-state index in [0.29, 0.717) is 22.0 Å². The summed E-state index contributed by atoms with van der Waals surface area (Å²) in [7, 11) is 0. The van der Waals surface area contributed by atoms with Gasteiger partial charge < -0.3 is 5.32 Å². The summed E-state index contributed by atoms with van der Waals surface area (Å²) in [5, 5.41) is 7.44. The van der Waals surface area contributed by atoms with E-state index in [1.807, 2.05) is 25.1 Å². The molecule has 0 aliphatic carbocycles. The van der Waals surface area contributed by atoms with E-state index in [-0.39, 0.29) is 5.91 Å². The van der Waals surface area contributed by atoms with Crippen molar-refractivity contribution in [1.29, 1.82) is 0 Å². The maximum absolute atomic E-state index is 12.5. The molecule has 5 nitrogen and oxygen atoms in total. The van der Waals surface area contributed by atoms with Crippen LogP contribution in [0, 0.1) is 6.92 Å². The molecular formula is C16H13ClN4O. The molecule has 0 atom stereocenters. The number of carbonyl (C=O) groups excluding carboxylic acids is 1. The van der Waals surface area contributed by atoms with Crippen LogP contribution in [0.15, 0.2) is 55.1 Å². The first-order valence-corrected chi connectivity index (χ1v) is 7.05. The van der Waals surface area contributed by atoms with Crippen molar-refractivity contribution in [3.05, 3.63) is 71.3 Å². The fraction of sp³-hybridized carbons (Fsp3) is 0.0625. The number of anilines is 1. The Labute approximate surface area is 132 Å². The van der Waals surface area contributed by atoms with Gasteiger partial charge in [0.15, 0.2) is 0 Å². The quantitative estimate of drug-likeness (QED) is 0.805. The average molecular weight is 313 g/mol. The van der Waals surface area contributed by atoms with E-state index < -0.39 is 0 Å². The van der Waals surface area contributed by atoms with E-state index in [9.17, 15) is 4.79 Å². The fourth-order valence-corrected chi connectivity index (χ4v) is 2.45. The summed E-state index contributed by atoms with van der Waals surface area (Å²) in [6.07, 6.45) is 2.95. The van der Waals surface area contributed by atoms with Crippen molar-refractivity contribution in [2.45, 2.75) is 6.92 Å². The van der Waals surface area contributed by atoms with E-state index in [2.05, 4.69) is 15.4 Å². The highest BCUT2D eigenvalue weighted by molar-refractivity contribution is 6.33. The molecule has 0 saturated carbocycles. The zero-order chi connectivity index (χ0) is 15.5. The zero-order valence-electron chi connectivity index (χ0n) is 11.8. The molecule has 0 radical (unpaired) electrons. The summed E-state index contributed by atoms with van der Waals surface area (Å²) in [6, 6.07) is 12.7. The standard InChI is InChI=1S/C16H13ClN4O/c1-11-5-2-3-6-12(11)16(22)20-14-8-4-7-13(17)15(14)21-10-18-9-19-21/h2-10H,1H3,(H,20,22). The molecule has 3 rings (SSSR count). The van der Waals surface area contributed by atoms with Gasteiger partial charge in [-0.05, 0) is 30.7 Å². The summed E-state index contributed by atoms with van der Waals surface area (Å²) in [5.41, 5.74) is 2.69. The number of benzene rings is 2. The van der Waals surface area contributed by atoms with Crippen molar-refractivity contribution in [3.63, 3.8) is 0 Å². The highest BCUT2D eigenvalue weighted by atomic mass is 35.5. The Morgan fingerprint density at radius 1 is 1.18 bits per heavy atom. The number of para-hydroxylation sites is 1. The second-order valence-electron chi connectivity index (χ2n) is 4.75. The van der Waals surface area contributed by atoms with E-state index >= 15 is 0 Å². The second kappa shape index (κ2) is 5.99. The average Bonchev–Trinajstić information content (AvgIpc) is 3.01. The molecule has 110 valence electrons. The van der Waals surface area contributed by atoms with Gasteiger partial charge in [0.2, 0.25) is 0 Å². The number of rotatable bonds is 3. The van der Waals surface area contributed by atoms with Crippen molar-refractivity contribution in [2.75, 3.05) is 5.32 Å². The van der Waals surface area contributed by atoms with Crippen LogP contribution < -0.4 is 5.32 Å². The number of amides is 1. The molecule has 0 unspecified atom stereocenters. The van der Waals surface area contributed by atoms with Crippen LogP contribution in [-0.2, 0) is 0 Å². The molecule has 1 amide bonds. The maximum atomic E-state index is 12.5. The van der Waals surface area contributed by atoms with Crippen LogP contribution in [-0.4, -0.2) is 20.7 Å². The van der Waals surface area contributed by atoms with Crippen molar-refractivity contribution >= 4 is 23.2 Å². The Hall–Kier alpha value is -2.66. The van der Waals surface area contributed by atoms with E-state index in [4.69, 9.17) is 11.6 Å². The third-order valence-electron chi connectivity index (χ3n) is 3.27. The number of hydrogen-bond acceptors (Lipinski definition) is 3. The minimum atomic E-state index is -0.193. The van der Waals surface area contributed by atoms with Crippen LogP contribution in [0.3, 0.4) is 0 Å². The third-order valence-corrected chi connectivity index (χ3v) is 3.58. The zero-order valence-corrected chi connectivity index (χ0v) is 12.6. The number of aromatic nitrogens is 3. The Bertz CT molecular complexity index is 815. The normalized spacial score (nSPS) is 10.5. The van der Waals surface area contributed by atoms with Gasteiger partial charge in [-0.2, -0.15) is 5.10 Å². The van der Waals surface area contributed by atoms with Crippen LogP contribution in [0.5, 0.6) is 0 Å². The number of hydrogen-bond donors (Lipinski definition) is 1. The van der Waals surface area contributed by atoms with Crippen molar-refractivity contribution < 1.29 is 4.79 Å². The Kier molecular flexibility index (Phi) is 3.89. The molecule has 1 N–H and O–H groups in total. The van der Waals surface area contributed by atoms with E-state index in [1.54, 1.807) is 24.3 Å². The summed E-state index contributed by atoms with van der Waals surface area (Å²) in [6.45, 7) is 1.89. The molecule has 2 aromatic carbocycles. The second-order valence-corrected chi connectivity index (χ2v) is 5.15. The van der Waals surface area contributed by atoms with Gasteiger partial charge in [-0.1, -0.05) is 35.9 Å². The van der Waals surface area contributed by atoms with Crippen molar-refractivity contribution in [2.24, 2.45) is 0 Å². The Morgan fingerprint density at radius 2 is 2.00 bits per heavy atom. The number of nitrogens with zero attached hydrogens (tertiary/aromatic N) is 3. The topological polar surface area (TPSA) is 59.8 Å². The van der Waals surface area contributed by atoms with E-state index in [1.165, 1.54) is 17.3 Å². The van der Waals surface area contributed by atoms with Crippen LogP contribution in [0.4, 0.5) is 5.69 Å². The number of aryl methyl sites for hydroxylation is 1. The molecule has 0 fully saturated rings. The molecule has 6 heteroatoms. The van der Waals surface area contributed by atoms with Gasteiger partial charge in [0, 0.05) is 5.56 Å². The number of carbonyl (C=O) groups is 1. The minimum Gasteiger partial charge on any atom is -0.320 e. The molecular weight excluding hydrogens is 300 g/mol. The minimum absolute atomic E-state index is 0.193. The fourth-order valence-electron chi connectivity index (χ4n) is 2.19. The SMILES string of the molecule is Cc1ccccc1C(=O)Nc1cccc(Cl)c1-n1cncn1. The lowest BCUT2D eigenvalue weighted by molar-refractivity contribution is 0.102. The molecule has 0 saturated heterocycles. The lowest BCUT2D eigenvalue weighted by Gasteiger charge is -2.13. The molecule has 1 aromatic heterocycles. The summed E-state index contributed by atoms with van der Waals surface area (Å²) in [5.74, 6) is -0.193. The molecule has 22 heavy (non-hydrogen) atoms.